The van der Waals surface area contributed by atoms with Crippen molar-refractivity contribution in [3.05, 3.63) is 45.8 Å². The van der Waals surface area contributed by atoms with Gasteiger partial charge in [0.05, 0.1) is 5.56 Å². The van der Waals surface area contributed by atoms with Crippen molar-refractivity contribution in [3.63, 3.8) is 0 Å². The summed E-state index contributed by atoms with van der Waals surface area (Å²) in [5.41, 5.74) is 1.03. The molecule has 0 radical (unpaired) electrons. The van der Waals surface area contributed by atoms with Crippen LogP contribution in [0.3, 0.4) is 0 Å². The first-order valence-corrected chi connectivity index (χ1v) is 7.82. The van der Waals surface area contributed by atoms with Gasteiger partial charge in [0.25, 0.3) is 0 Å². The molecule has 2 rings (SSSR count). The lowest BCUT2D eigenvalue weighted by Gasteiger charge is -2.24. The summed E-state index contributed by atoms with van der Waals surface area (Å²) in [4.78, 5) is 16.9. The number of carboxylic acids is 1. The Morgan fingerprint density at radius 1 is 1.43 bits per heavy atom. The van der Waals surface area contributed by atoms with E-state index in [4.69, 9.17) is 5.11 Å². The summed E-state index contributed by atoms with van der Waals surface area (Å²) in [6.45, 7) is 6.99. The third-order valence-electron chi connectivity index (χ3n) is 3.39. The molecule has 2 aromatic heterocycles. The maximum atomic E-state index is 11.2. The van der Waals surface area contributed by atoms with Crippen molar-refractivity contribution in [2.45, 2.75) is 32.6 Å². The average molecular weight is 304 g/mol. The summed E-state index contributed by atoms with van der Waals surface area (Å²) < 4.78 is 0. The number of aryl methyl sites for hydroxylation is 1. The van der Waals surface area contributed by atoms with E-state index in [1.807, 2.05) is 13.0 Å². The lowest BCUT2D eigenvalue weighted by Crippen LogP contribution is -2.27. The van der Waals surface area contributed by atoms with E-state index in [1.165, 1.54) is 4.88 Å². The zero-order valence-electron chi connectivity index (χ0n) is 12.5. The van der Waals surface area contributed by atoms with Crippen LogP contribution in [-0.4, -0.2) is 22.6 Å². The van der Waals surface area contributed by atoms with E-state index in [2.05, 4.69) is 35.6 Å². The highest BCUT2D eigenvalue weighted by molar-refractivity contribution is 7.10. The van der Waals surface area contributed by atoms with Gasteiger partial charge in [0.1, 0.15) is 5.82 Å². The predicted octanol–water partition coefficient (Wildman–Crippen LogP) is 3.79. The Balaban J connectivity index is 2.16. The van der Waals surface area contributed by atoms with E-state index in [1.54, 1.807) is 23.5 Å². The van der Waals surface area contributed by atoms with Crippen LogP contribution in [0.25, 0.3) is 0 Å². The van der Waals surface area contributed by atoms with Crippen molar-refractivity contribution >= 4 is 23.1 Å². The summed E-state index contributed by atoms with van der Waals surface area (Å²) in [6.07, 6.45) is 0.712. The molecule has 2 heterocycles. The van der Waals surface area contributed by atoms with Crippen LogP contribution in [0.15, 0.2) is 29.6 Å². The fourth-order valence-electron chi connectivity index (χ4n) is 2.05. The number of hydrogen-bond donors (Lipinski definition) is 2. The quantitative estimate of drug-likeness (QED) is 0.852. The molecular formula is C16H20N2O2S. The number of aromatic carboxylic acids is 1. The average Bonchev–Trinajstić information content (AvgIpc) is 3.00. The first kappa shape index (κ1) is 15.5. The number of anilines is 1. The first-order valence-electron chi connectivity index (χ1n) is 6.94. The van der Waals surface area contributed by atoms with Crippen LogP contribution in [0.1, 0.15) is 41.7 Å². The number of carboxylic acid groups (broad SMARTS) is 1. The highest BCUT2D eigenvalue weighted by Crippen LogP contribution is 2.27. The highest BCUT2D eigenvalue weighted by atomic mass is 32.1. The molecular weight excluding hydrogens is 284 g/mol. The number of aromatic nitrogens is 1. The molecule has 0 fully saturated rings. The van der Waals surface area contributed by atoms with Gasteiger partial charge in [0, 0.05) is 22.5 Å². The van der Waals surface area contributed by atoms with Gasteiger partial charge in [0.2, 0.25) is 0 Å². The monoisotopic (exact) mass is 304 g/mol. The van der Waals surface area contributed by atoms with Crippen LogP contribution >= 0.6 is 11.3 Å². The molecule has 0 aliphatic heterocycles. The van der Waals surface area contributed by atoms with Gasteiger partial charge in [0.15, 0.2) is 0 Å². The Kier molecular flexibility index (Phi) is 4.63. The second-order valence-corrected chi connectivity index (χ2v) is 6.55. The molecule has 0 amide bonds. The third kappa shape index (κ3) is 3.82. The molecule has 0 unspecified atom stereocenters. The zero-order chi connectivity index (χ0) is 15.5. The third-order valence-corrected chi connectivity index (χ3v) is 4.62. The smallest absolute Gasteiger partial charge is 0.335 e. The van der Waals surface area contributed by atoms with Crippen LogP contribution in [0.2, 0.25) is 0 Å². The fraction of sp³-hybridized carbons (Fsp3) is 0.375. The van der Waals surface area contributed by atoms with Crippen LogP contribution in [0.5, 0.6) is 0 Å². The number of carbonyl (C=O) groups is 1. The molecule has 2 aromatic rings. The molecule has 0 spiro atoms. The maximum Gasteiger partial charge on any atom is 0.335 e. The lowest BCUT2D eigenvalue weighted by molar-refractivity contribution is 0.0696. The number of thiophene rings is 1. The van der Waals surface area contributed by atoms with Crippen molar-refractivity contribution < 1.29 is 9.90 Å². The molecule has 0 aromatic carbocycles. The fourth-order valence-corrected chi connectivity index (χ4v) is 2.90. The Morgan fingerprint density at radius 3 is 2.76 bits per heavy atom. The minimum atomic E-state index is -0.923. The molecule has 21 heavy (non-hydrogen) atoms. The minimum absolute atomic E-state index is 0.0263. The predicted molar refractivity (Wildman–Crippen MR) is 86.4 cm³/mol. The van der Waals surface area contributed by atoms with Crippen molar-refractivity contribution in [2.75, 3.05) is 11.9 Å². The molecule has 0 aliphatic rings. The Hall–Kier alpha value is -1.88. The van der Waals surface area contributed by atoms with Crippen molar-refractivity contribution in [3.8, 4) is 0 Å². The standard InChI is InChI=1S/C16H20N2O2S/c1-4-12-8-11(15(19)20)9-14(18-12)17-10-16(2,3)13-6-5-7-21-13/h5-9H,4,10H2,1-3H3,(H,17,18)(H,19,20). The van der Waals surface area contributed by atoms with Gasteiger partial charge >= 0.3 is 5.97 Å². The summed E-state index contributed by atoms with van der Waals surface area (Å²) in [6, 6.07) is 7.37. The van der Waals surface area contributed by atoms with Crippen LogP contribution in [0.4, 0.5) is 5.82 Å². The van der Waals surface area contributed by atoms with Gasteiger partial charge in [-0.1, -0.05) is 26.8 Å². The Labute approximate surface area is 128 Å². The largest absolute Gasteiger partial charge is 0.478 e. The molecule has 112 valence electrons. The zero-order valence-corrected chi connectivity index (χ0v) is 13.3. The SMILES string of the molecule is CCc1cc(C(=O)O)cc(NCC(C)(C)c2cccs2)n1. The second kappa shape index (κ2) is 6.26. The van der Waals surface area contributed by atoms with E-state index >= 15 is 0 Å². The topological polar surface area (TPSA) is 62.2 Å². The Morgan fingerprint density at radius 2 is 2.19 bits per heavy atom. The molecule has 0 atom stereocenters. The molecule has 5 heteroatoms. The molecule has 0 aliphatic carbocycles. The minimum Gasteiger partial charge on any atom is -0.478 e. The number of hydrogen-bond acceptors (Lipinski definition) is 4. The van der Waals surface area contributed by atoms with Gasteiger partial charge in [-0.15, -0.1) is 11.3 Å². The van der Waals surface area contributed by atoms with Gasteiger partial charge in [-0.3, -0.25) is 0 Å². The lowest BCUT2D eigenvalue weighted by atomic mass is 9.91. The van der Waals surface area contributed by atoms with Gasteiger partial charge in [-0.2, -0.15) is 0 Å². The summed E-state index contributed by atoms with van der Waals surface area (Å²) >= 11 is 1.73. The van der Waals surface area contributed by atoms with Crippen LogP contribution < -0.4 is 5.32 Å². The van der Waals surface area contributed by atoms with Crippen molar-refractivity contribution in [1.82, 2.24) is 4.98 Å². The van der Waals surface area contributed by atoms with Crippen LogP contribution in [-0.2, 0) is 11.8 Å². The Bertz CT molecular complexity index is 621. The van der Waals surface area contributed by atoms with Gasteiger partial charge in [-0.25, -0.2) is 9.78 Å². The van der Waals surface area contributed by atoms with E-state index < -0.39 is 5.97 Å². The van der Waals surface area contributed by atoms with Gasteiger partial charge in [-0.05, 0) is 30.0 Å². The van der Waals surface area contributed by atoms with Crippen molar-refractivity contribution in [1.29, 1.82) is 0 Å². The molecule has 0 bridgehead atoms. The number of nitrogens with zero attached hydrogens (tertiary/aromatic N) is 1. The van der Waals surface area contributed by atoms with Crippen molar-refractivity contribution in [2.24, 2.45) is 0 Å². The molecule has 0 saturated heterocycles. The van der Waals surface area contributed by atoms with Gasteiger partial charge < -0.3 is 10.4 Å². The van der Waals surface area contributed by atoms with E-state index in [9.17, 15) is 4.79 Å². The molecule has 2 N–H and O–H groups in total. The number of nitrogens with one attached hydrogen (secondary N) is 1. The summed E-state index contributed by atoms with van der Waals surface area (Å²) in [5, 5.41) is 14.5. The van der Waals surface area contributed by atoms with Crippen LogP contribution in [0, 0.1) is 0 Å². The summed E-state index contributed by atoms with van der Waals surface area (Å²) in [5.74, 6) is -0.302. The summed E-state index contributed by atoms with van der Waals surface area (Å²) in [7, 11) is 0. The highest BCUT2D eigenvalue weighted by Gasteiger charge is 2.21. The van der Waals surface area contributed by atoms with E-state index in [0.717, 1.165) is 5.69 Å². The molecule has 0 saturated carbocycles. The van der Waals surface area contributed by atoms with E-state index in [0.29, 0.717) is 18.8 Å². The normalized spacial score (nSPS) is 11.4. The second-order valence-electron chi connectivity index (χ2n) is 5.61. The van der Waals surface area contributed by atoms with E-state index in [-0.39, 0.29) is 11.0 Å². The first-order chi connectivity index (χ1) is 9.92. The molecule has 4 nitrogen and oxygen atoms in total. The number of pyridine rings is 1. The number of rotatable bonds is 6. The maximum absolute atomic E-state index is 11.2.